The van der Waals surface area contributed by atoms with Crippen LogP contribution in [0.5, 0.6) is 11.5 Å². The summed E-state index contributed by atoms with van der Waals surface area (Å²) in [7, 11) is -1.96. The lowest BCUT2D eigenvalue weighted by Gasteiger charge is -2.38. The fraction of sp³-hybridized carbons (Fsp3) is 0.111. The van der Waals surface area contributed by atoms with Gasteiger partial charge in [0.05, 0.1) is 13.2 Å². The normalized spacial score (nSPS) is 14.2. The Hall–Kier alpha value is -5.11. The maximum Gasteiger partial charge on any atom is 0.127 e. The number of thiophene rings is 1. The lowest BCUT2D eigenvalue weighted by molar-refractivity contribution is 0.202. The average Bonchev–Trinajstić information content (AvgIpc) is 3.92. The Balaban J connectivity index is 1.32. The van der Waals surface area contributed by atoms with E-state index < -0.39 is 10.0 Å². The van der Waals surface area contributed by atoms with E-state index in [1.165, 1.54) is 52.6 Å². The van der Waals surface area contributed by atoms with Gasteiger partial charge in [-0.25, -0.2) is 0 Å². The summed E-state index contributed by atoms with van der Waals surface area (Å²) in [5.41, 5.74) is 10.9. The molecule has 1 aromatic heterocycles. The van der Waals surface area contributed by atoms with E-state index in [4.69, 9.17) is 9.47 Å². The third-order valence-corrected chi connectivity index (χ3v) is 14.5. The number of benzene rings is 6. The van der Waals surface area contributed by atoms with Crippen molar-refractivity contribution < 1.29 is 19.7 Å². The molecule has 6 aromatic carbocycles. The Morgan fingerprint density at radius 2 is 1.20 bits per heavy atom. The molecule has 7 aromatic rings. The number of rotatable bonds is 10. The van der Waals surface area contributed by atoms with E-state index in [2.05, 4.69) is 132 Å². The van der Waals surface area contributed by atoms with Gasteiger partial charge in [0, 0.05) is 36.1 Å². The zero-order chi connectivity index (χ0) is 34.4. The van der Waals surface area contributed by atoms with Crippen LogP contribution in [0.2, 0.25) is 0 Å². The molecule has 0 saturated heterocycles. The van der Waals surface area contributed by atoms with E-state index in [0.717, 1.165) is 40.2 Å². The van der Waals surface area contributed by atoms with Crippen LogP contribution in [0.4, 0.5) is 0 Å². The highest BCUT2D eigenvalue weighted by Gasteiger charge is 2.38. The monoisotopic (exact) mass is 704 g/mol. The summed E-state index contributed by atoms with van der Waals surface area (Å²) in [6, 6.07) is 45.4. The molecule has 1 aliphatic carbocycles. The Bertz CT molecular complexity index is 2340. The molecule has 9 rings (SSSR count). The molecule has 0 fully saturated rings. The van der Waals surface area contributed by atoms with Crippen molar-refractivity contribution in [3.8, 4) is 44.9 Å². The molecule has 2 aliphatic rings. The van der Waals surface area contributed by atoms with Crippen LogP contribution in [0.1, 0.15) is 16.7 Å². The summed E-state index contributed by atoms with van der Waals surface area (Å²) < 4.78 is 13.6. The number of aliphatic hydroxyl groups is 2. The van der Waals surface area contributed by atoms with Crippen molar-refractivity contribution in [2.75, 3.05) is 26.4 Å². The minimum Gasteiger partial charge on any atom is -0.491 e. The molecule has 0 spiro atoms. The lowest BCUT2D eigenvalue weighted by atomic mass is 9.98. The van der Waals surface area contributed by atoms with Crippen molar-refractivity contribution in [2.45, 2.75) is 21.1 Å². The molecule has 51 heavy (non-hydrogen) atoms. The fourth-order valence-corrected chi connectivity index (χ4v) is 12.2. The number of hydrogen-bond donors (Lipinski definition) is 2. The van der Waals surface area contributed by atoms with E-state index >= 15 is 0 Å². The molecule has 0 saturated carbocycles. The molecule has 0 amide bonds. The van der Waals surface area contributed by atoms with Crippen LogP contribution in [0, 0.1) is 0 Å². The van der Waals surface area contributed by atoms with Gasteiger partial charge < -0.3 is 19.7 Å². The Morgan fingerprint density at radius 3 is 1.80 bits per heavy atom. The molecular weight excluding hydrogens is 669 g/mol. The van der Waals surface area contributed by atoms with Gasteiger partial charge >= 0.3 is 0 Å². The highest BCUT2D eigenvalue weighted by molar-refractivity contribution is 8.36. The van der Waals surface area contributed by atoms with Gasteiger partial charge in [-0.15, -0.1) is 21.4 Å². The van der Waals surface area contributed by atoms with Crippen LogP contribution in [0.25, 0.3) is 49.5 Å². The van der Waals surface area contributed by atoms with E-state index in [-0.39, 0.29) is 26.4 Å². The Morgan fingerprint density at radius 1 is 0.608 bits per heavy atom. The standard InChI is InChI=1S/C45H36O4S2/c46-21-23-48-40-16-14-35(28-38(40)30-7-3-1-4-8-30)51(36-15-17-41(49-24-22-47)39(29-36)31-9-5-2-6-10-31)26-20-37-42(51)18-13-33-27-34-12-11-32-19-25-50-45(32)44(34)43(33)37/h1-20,25-26,28-29,46-47H,21-24,27H2. The van der Waals surface area contributed by atoms with Crippen LogP contribution in [-0.2, 0) is 6.42 Å². The zero-order valence-electron chi connectivity index (χ0n) is 27.9. The third kappa shape index (κ3) is 5.29. The molecule has 4 nitrogen and oxygen atoms in total. The molecule has 0 atom stereocenters. The van der Waals surface area contributed by atoms with Crippen molar-refractivity contribution in [1.82, 2.24) is 0 Å². The topological polar surface area (TPSA) is 58.9 Å². The summed E-state index contributed by atoms with van der Waals surface area (Å²) in [6.45, 7) is 0.327. The lowest BCUT2D eigenvalue weighted by Crippen LogP contribution is -2.06. The number of ether oxygens (including phenoxy) is 2. The quantitative estimate of drug-likeness (QED) is 0.149. The van der Waals surface area contributed by atoms with E-state index in [1.807, 2.05) is 23.5 Å². The number of aliphatic hydroxyl groups excluding tert-OH is 2. The van der Waals surface area contributed by atoms with Gasteiger partial charge in [0.2, 0.25) is 0 Å². The second-order valence-corrected chi connectivity index (χ2v) is 16.7. The van der Waals surface area contributed by atoms with Crippen molar-refractivity contribution in [3.63, 3.8) is 0 Å². The van der Waals surface area contributed by atoms with Crippen molar-refractivity contribution >= 4 is 37.5 Å². The predicted molar refractivity (Wildman–Crippen MR) is 210 cm³/mol. The van der Waals surface area contributed by atoms with Crippen molar-refractivity contribution in [2.24, 2.45) is 0 Å². The minimum atomic E-state index is -1.96. The number of fused-ring (bicyclic) bond motifs is 7. The van der Waals surface area contributed by atoms with Gasteiger partial charge in [-0.2, -0.15) is 0 Å². The molecule has 2 N–H and O–H groups in total. The molecule has 252 valence electrons. The van der Waals surface area contributed by atoms with Gasteiger partial charge in [0.1, 0.15) is 24.7 Å². The second-order valence-electron chi connectivity index (χ2n) is 12.8. The molecular formula is C45H36O4S2. The Labute approximate surface area is 303 Å². The van der Waals surface area contributed by atoms with Crippen molar-refractivity contribution in [1.29, 1.82) is 0 Å². The summed E-state index contributed by atoms with van der Waals surface area (Å²) in [6.07, 6.45) is 3.31. The largest absolute Gasteiger partial charge is 0.491 e. The first kappa shape index (κ1) is 31.8. The fourth-order valence-electron chi connectivity index (χ4n) is 7.69. The van der Waals surface area contributed by atoms with Crippen LogP contribution < -0.4 is 9.47 Å². The predicted octanol–water partition coefficient (Wildman–Crippen LogP) is 10.8. The molecule has 0 bridgehead atoms. The smallest absolute Gasteiger partial charge is 0.127 e. The molecule has 1 aliphatic heterocycles. The van der Waals surface area contributed by atoms with Gasteiger partial charge in [-0.1, -0.05) is 78.9 Å². The van der Waals surface area contributed by atoms with Crippen LogP contribution >= 0.6 is 21.4 Å². The number of hydrogen-bond acceptors (Lipinski definition) is 5. The van der Waals surface area contributed by atoms with Gasteiger partial charge in [0.25, 0.3) is 0 Å². The van der Waals surface area contributed by atoms with Crippen molar-refractivity contribution in [3.05, 3.63) is 155 Å². The van der Waals surface area contributed by atoms with Crippen LogP contribution in [0.15, 0.2) is 153 Å². The molecule has 0 radical (unpaired) electrons. The second kappa shape index (κ2) is 13.2. The maximum atomic E-state index is 9.66. The SMILES string of the molecule is OCCOc1ccc(S2(c3ccc(OCCO)c(-c4ccccc4)c3)C=Cc3c2ccc2c3-c3c(ccc4ccsc34)C2)cc1-c1ccccc1. The third-order valence-electron chi connectivity index (χ3n) is 9.93. The first-order valence-corrected chi connectivity index (χ1v) is 19.8. The minimum absolute atomic E-state index is 0.0572. The first-order chi connectivity index (χ1) is 25.2. The van der Waals surface area contributed by atoms with E-state index in [0.29, 0.717) is 0 Å². The Kier molecular flexibility index (Phi) is 8.25. The maximum absolute atomic E-state index is 9.66. The van der Waals surface area contributed by atoms with E-state index in [9.17, 15) is 10.2 Å². The average molecular weight is 705 g/mol. The van der Waals surface area contributed by atoms with E-state index in [1.54, 1.807) is 0 Å². The van der Waals surface area contributed by atoms with Gasteiger partial charge in [-0.3, -0.25) is 0 Å². The van der Waals surface area contributed by atoms with Gasteiger partial charge in [0.15, 0.2) is 0 Å². The molecule has 0 unspecified atom stereocenters. The van der Waals surface area contributed by atoms with Gasteiger partial charge in [-0.05, 0) is 111 Å². The zero-order valence-corrected chi connectivity index (χ0v) is 29.6. The molecule has 6 heteroatoms. The summed E-state index contributed by atoms with van der Waals surface area (Å²) >= 11 is 1.83. The summed E-state index contributed by atoms with van der Waals surface area (Å²) in [5.74, 6) is 1.49. The molecule has 2 heterocycles. The summed E-state index contributed by atoms with van der Waals surface area (Å²) in [5, 5.41) is 25.3. The summed E-state index contributed by atoms with van der Waals surface area (Å²) in [4.78, 5) is 3.71. The first-order valence-electron chi connectivity index (χ1n) is 17.2. The highest BCUT2D eigenvalue weighted by Crippen LogP contribution is 2.75. The highest BCUT2D eigenvalue weighted by atomic mass is 32.3. The van der Waals surface area contributed by atoms with Crippen LogP contribution in [-0.4, -0.2) is 36.6 Å². The van der Waals surface area contributed by atoms with Crippen LogP contribution in [0.3, 0.4) is 0 Å².